The highest BCUT2D eigenvalue weighted by atomic mass is 19.1. The van der Waals surface area contributed by atoms with E-state index in [1.165, 1.54) is 19.3 Å². The van der Waals surface area contributed by atoms with E-state index in [1.54, 1.807) is 35.0 Å². The van der Waals surface area contributed by atoms with E-state index in [-0.39, 0.29) is 29.8 Å². The molecule has 3 aromatic rings. The molecule has 42 heavy (non-hydrogen) atoms. The summed E-state index contributed by atoms with van der Waals surface area (Å²) in [6.07, 6.45) is 9.07. The van der Waals surface area contributed by atoms with Gasteiger partial charge in [0.25, 0.3) is 5.91 Å². The maximum Gasteiger partial charge on any atom is 0.410 e. The molecule has 0 spiro atoms. The lowest BCUT2D eigenvalue weighted by Crippen LogP contribution is -2.49. The third-order valence-corrected chi connectivity index (χ3v) is 8.37. The molecule has 1 aliphatic carbocycles. The molecule has 3 heterocycles. The van der Waals surface area contributed by atoms with E-state index in [4.69, 9.17) is 9.72 Å². The molecule has 1 aliphatic heterocycles. The summed E-state index contributed by atoms with van der Waals surface area (Å²) >= 11 is 0. The fraction of sp³-hybridized carbons (Fsp3) is 0.613. The number of hydrogen-bond acceptors (Lipinski definition) is 6. The van der Waals surface area contributed by atoms with E-state index in [0.29, 0.717) is 60.8 Å². The highest BCUT2D eigenvalue weighted by Gasteiger charge is 2.30. The number of aryl methyl sites for hydroxylation is 1. The molecule has 2 fully saturated rings. The molecule has 0 bridgehead atoms. The lowest BCUT2D eigenvalue weighted by molar-refractivity contribution is 0.0138. The average molecular weight is 582 g/mol. The van der Waals surface area contributed by atoms with Crippen molar-refractivity contribution in [1.29, 1.82) is 0 Å². The first-order valence-electron chi connectivity index (χ1n) is 15.2. The Balaban J connectivity index is 1.33. The van der Waals surface area contributed by atoms with Crippen LogP contribution in [0, 0.1) is 11.7 Å². The lowest BCUT2D eigenvalue weighted by atomic mass is 9.85. The summed E-state index contributed by atoms with van der Waals surface area (Å²) in [5.74, 6) is 0.230. The molecular weight excluding hydrogens is 537 g/mol. The van der Waals surface area contributed by atoms with Gasteiger partial charge in [0, 0.05) is 51.5 Å². The van der Waals surface area contributed by atoms with Crippen LogP contribution in [0.3, 0.4) is 0 Å². The number of carbonyl (C=O) groups is 2. The van der Waals surface area contributed by atoms with Gasteiger partial charge in [0.1, 0.15) is 22.6 Å². The van der Waals surface area contributed by atoms with E-state index in [9.17, 15) is 9.59 Å². The van der Waals surface area contributed by atoms with Crippen LogP contribution in [0.15, 0.2) is 24.4 Å². The third-order valence-electron chi connectivity index (χ3n) is 8.37. The van der Waals surface area contributed by atoms with Crippen LogP contribution >= 0.6 is 0 Å². The van der Waals surface area contributed by atoms with E-state index in [2.05, 4.69) is 20.3 Å². The molecule has 10 nitrogen and oxygen atoms in total. The van der Waals surface area contributed by atoms with E-state index in [0.717, 1.165) is 25.7 Å². The van der Waals surface area contributed by atoms with Gasteiger partial charge in [-0.1, -0.05) is 38.2 Å². The minimum atomic E-state index is -0.537. The van der Waals surface area contributed by atoms with Gasteiger partial charge in [0.2, 0.25) is 0 Å². The van der Waals surface area contributed by atoms with Gasteiger partial charge in [-0.05, 0) is 51.7 Å². The van der Waals surface area contributed by atoms with Gasteiger partial charge in [-0.2, -0.15) is 5.10 Å². The Labute approximate surface area is 247 Å². The molecule has 2 N–H and O–H groups in total. The van der Waals surface area contributed by atoms with Gasteiger partial charge in [0.05, 0.1) is 11.6 Å². The highest BCUT2D eigenvalue weighted by molar-refractivity contribution is 5.92. The summed E-state index contributed by atoms with van der Waals surface area (Å²) < 4.78 is 22.9. The number of ether oxygens (including phenoxy) is 1. The van der Waals surface area contributed by atoms with Crippen molar-refractivity contribution in [2.75, 3.05) is 26.2 Å². The molecule has 2 aromatic heterocycles. The minimum absolute atomic E-state index is 0.201. The van der Waals surface area contributed by atoms with Crippen molar-refractivity contribution in [2.24, 2.45) is 13.0 Å². The quantitative estimate of drug-likeness (QED) is 0.408. The topological polar surface area (TPSA) is 108 Å². The molecule has 11 heteroatoms. The Morgan fingerprint density at radius 3 is 2.40 bits per heavy atom. The summed E-state index contributed by atoms with van der Waals surface area (Å²) in [5, 5.41) is 7.36. The standard InChI is InChI=1S/C31H44FN7O3/c1-31(2,3)42-30(41)39-18-16-38(17-19-39)20-22-12-13-23-27(25(22)32)35-28(34-23)26(21-10-8-6-5-7-9-11-21)36-29(40)24-14-15-33-37(24)4/h12-15,21,26H,5-11,16-20H2,1-4H3,(H,34,35)(H,36,40). The van der Waals surface area contributed by atoms with Crippen molar-refractivity contribution in [2.45, 2.75) is 83.9 Å². The Morgan fingerprint density at radius 2 is 1.76 bits per heavy atom. The number of amides is 2. The molecule has 5 rings (SSSR count). The first-order valence-corrected chi connectivity index (χ1v) is 15.2. The summed E-state index contributed by atoms with van der Waals surface area (Å²) in [7, 11) is 1.75. The number of carbonyl (C=O) groups excluding carboxylic acids is 2. The number of H-pyrrole nitrogens is 1. The highest BCUT2D eigenvalue weighted by Crippen LogP contribution is 2.34. The van der Waals surface area contributed by atoms with Crippen LogP contribution in [-0.4, -0.2) is 73.3 Å². The van der Waals surface area contributed by atoms with Crippen LogP contribution in [0.4, 0.5) is 9.18 Å². The van der Waals surface area contributed by atoms with Gasteiger partial charge >= 0.3 is 6.09 Å². The molecule has 1 atom stereocenters. The molecular formula is C31H44FN7O3. The van der Waals surface area contributed by atoms with Crippen LogP contribution in [0.2, 0.25) is 0 Å². The number of nitrogens with one attached hydrogen (secondary N) is 2. The fourth-order valence-corrected chi connectivity index (χ4v) is 6.07. The zero-order valence-electron chi connectivity index (χ0n) is 25.3. The zero-order valence-corrected chi connectivity index (χ0v) is 25.3. The van der Waals surface area contributed by atoms with Crippen molar-refractivity contribution in [3.63, 3.8) is 0 Å². The normalized spacial score (nSPS) is 18.5. The number of rotatable bonds is 6. The second-order valence-electron chi connectivity index (χ2n) is 12.7. The van der Waals surface area contributed by atoms with Gasteiger partial charge < -0.3 is 19.9 Å². The monoisotopic (exact) mass is 581 g/mol. The third kappa shape index (κ3) is 7.11. The largest absolute Gasteiger partial charge is 0.444 e. The van der Waals surface area contributed by atoms with Crippen molar-refractivity contribution in [3.05, 3.63) is 47.3 Å². The van der Waals surface area contributed by atoms with Gasteiger partial charge in [0.15, 0.2) is 5.82 Å². The number of benzene rings is 1. The van der Waals surface area contributed by atoms with Gasteiger partial charge in [-0.25, -0.2) is 14.2 Å². The molecule has 2 aliphatic rings. The first-order chi connectivity index (χ1) is 20.1. The van der Waals surface area contributed by atoms with Crippen LogP contribution in [0.25, 0.3) is 11.0 Å². The summed E-state index contributed by atoms with van der Waals surface area (Å²) in [5.41, 5.74) is 1.41. The van der Waals surface area contributed by atoms with Crippen LogP contribution in [0.5, 0.6) is 0 Å². The van der Waals surface area contributed by atoms with Crippen molar-refractivity contribution < 1.29 is 18.7 Å². The number of halogens is 1. The Hall–Kier alpha value is -3.47. The molecule has 1 unspecified atom stereocenters. The summed E-state index contributed by atoms with van der Waals surface area (Å²) in [6, 6.07) is 5.02. The van der Waals surface area contributed by atoms with E-state index >= 15 is 4.39 Å². The van der Waals surface area contributed by atoms with Crippen molar-refractivity contribution >= 4 is 23.0 Å². The molecule has 228 valence electrons. The van der Waals surface area contributed by atoms with E-state index < -0.39 is 5.60 Å². The smallest absolute Gasteiger partial charge is 0.410 e. The number of imidazole rings is 1. The number of nitrogens with zero attached hydrogens (tertiary/aromatic N) is 5. The van der Waals surface area contributed by atoms with Crippen LogP contribution < -0.4 is 5.32 Å². The Bertz CT molecular complexity index is 1380. The molecule has 0 radical (unpaired) electrons. The SMILES string of the molecule is Cn1nccc1C(=O)NC(c1nc2c(F)c(CN3CCN(C(=O)OC(C)(C)C)CC3)ccc2[nH]1)C1CCCCCCC1. The Kier molecular flexibility index (Phi) is 9.15. The average Bonchev–Trinajstić information content (AvgIpc) is 3.55. The predicted octanol–water partition coefficient (Wildman–Crippen LogP) is 5.32. The number of piperazine rings is 1. The van der Waals surface area contributed by atoms with Gasteiger partial charge in [-0.15, -0.1) is 0 Å². The fourth-order valence-electron chi connectivity index (χ4n) is 6.07. The number of aromatic amines is 1. The minimum Gasteiger partial charge on any atom is -0.444 e. The molecule has 1 saturated carbocycles. The number of fused-ring (bicyclic) bond motifs is 1. The van der Waals surface area contributed by atoms with Crippen LogP contribution in [-0.2, 0) is 18.3 Å². The Morgan fingerprint density at radius 1 is 1.07 bits per heavy atom. The van der Waals surface area contributed by atoms with Crippen molar-refractivity contribution in [1.82, 2.24) is 34.9 Å². The lowest BCUT2D eigenvalue weighted by Gasteiger charge is -2.35. The zero-order chi connectivity index (χ0) is 29.9. The molecule has 1 aromatic carbocycles. The predicted molar refractivity (Wildman–Crippen MR) is 158 cm³/mol. The molecule has 1 saturated heterocycles. The molecule has 2 amide bonds. The second-order valence-corrected chi connectivity index (χ2v) is 12.7. The van der Waals surface area contributed by atoms with Crippen molar-refractivity contribution in [3.8, 4) is 0 Å². The summed E-state index contributed by atoms with van der Waals surface area (Å²) in [4.78, 5) is 37.6. The maximum absolute atomic E-state index is 15.9. The maximum atomic E-state index is 15.9. The number of aromatic nitrogens is 4. The van der Waals surface area contributed by atoms with Gasteiger partial charge in [-0.3, -0.25) is 14.4 Å². The summed E-state index contributed by atoms with van der Waals surface area (Å²) in [6.45, 7) is 8.32. The second kappa shape index (κ2) is 12.8. The number of hydrogen-bond donors (Lipinski definition) is 2. The first kappa shape index (κ1) is 30.0. The van der Waals surface area contributed by atoms with Crippen LogP contribution in [0.1, 0.15) is 93.6 Å². The van der Waals surface area contributed by atoms with E-state index in [1.807, 2.05) is 26.8 Å².